The molecule has 8 aromatic carbocycles. The van der Waals surface area contributed by atoms with Crippen LogP contribution in [0, 0.1) is 0 Å². The van der Waals surface area contributed by atoms with E-state index in [9.17, 15) is 0 Å². The van der Waals surface area contributed by atoms with Crippen LogP contribution >= 0.6 is 0 Å². The Labute approximate surface area is 534 Å². The van der Waals surface area contributed by atoms with Gasteiger partial charge in [0.1, 0.15) is 12.2 Å². The molecule has 0 saturated carbocycles. The van der Waals surface area contributed by atoms with Gasteiger partial charge in [-0.15, -0.1) is 0 Å². The molecular weight excluding hydrogens is 1310 g/mol. The van der Waals surface area contributed by atoms with Gasteiger partial charge in [0.05, 0.1) is 26.4 Å². The summed E-state index contributed by atoms with van der Waals surface area (Å²) in [6, 6.07) is 78.6. The van der Waals surface area contributed by atoms with Gasteiger partial charge < -0.3 is 76.6 Å². The Balaban J connectivity index is 1.14. The summed E-state index contributed by atoms with van der Waals surface area (Å²) in [5.74, 6) is 0. The number of hydrogen-bond donors (Lipinski definition) is 0. The van der Waals surface area contributed by atoms with Gasteiger partial charge >= 0.3 is 87.6 Å². The minimum Gasteiger partial charge on any atom is -0.391 e. The van der Waals surface area contributed by atoms with Crippen LogP contribution in [0.15, 0.2) is 243 Å². The highest BCUT2D eigenvalue weighted by Crippen LogP contribution is 2.48. The number of rotatable bonds is 20. The maximum absolute atomic E-state index is 8.62. The van der Waals surface area contributed by atoms with Crippen molar-refractivity contribution in [1.29, 1.82) is 0 Å². The van der Waals surface area contributed by atoms with Crippen LogP contribution in [0.1, 0.15) is 12.8 Å². The van der Waals surface area contributed by atoms with Gasteiger partial charge in [-0.2, -0.15) is 0 Å². The molecule has 0 radical (unpaired) electrons. The van der Waals surface area contributed by atoms with Gasteiger partial charge in [0.15, 0.2) is 0 Å². The number of ether oxygens (including phenoxy) is 4. The maximum atomic E-state index is 8.62. The van der Waals surface area contributed by atoms with Crippen molar-refractivity contribution < 1.29 is 76.6 Å². The van der Waals surface area contributed by atoms with E-state index >= 15 is 0 Å². The number of fused-ring (bicyclic) bond motifs is 4. The third-order valence-corrected chi connectivity index (χ3v) is 59.9. The molecule has 8 aliphatic heterocycles. The molecule has 16 rings (SSSR count). The Hall–Kier alpha value is -4.79. The third-order valence-electron chi connectivity index (χ3n) is 16.4. The molecule has 0 aliphatic carbocycles. The van der Waals surface area contributed by atoms with E-state index in [0.29, 0.717) is 106 Å². The van der Waals surface area contributed by atoms with E-state index in [1.807, 2.05) is 256 Å². The van der Waals surface area contributed by atoms with Crippen LogP contribution in [0.5, 0.6) is 0 Å². The smallest absolute Gasteiger partial charge is 0.391 e. The van der Waals surface area contributed by atoms with Gasteiger partial charge in [-0.1, -0.05) is 243 Å². The lowest BCUT2D eigenvalue weighted by Gasteiger charge is -2.61. The number of benzene rings is 8. The summed E-state index contributed by atoms with van der Waals surface area (Å²) in [6.07, 6.45) is 1.05. The second kappa shape index (κ2) is 24.8. The fourth-order valence-electron chi connectivity index (χ4n) is 12.0. The van der Waals surface area contributed by atoms with E-state index in [1.165, 1.54) is 0 Å². The van der Waals surface area contributed by atoms with Gasteiger partial charge in [0.2, 0.25) is 0 Å². The minimum atomic E-state index is -5.21. The van der Waals surface area contributed by atoms with Gasteiger partial charge in [-0.3, -0.25) is 0 Å². The van der Waals surface area contributed by atoms with Gasteiger partial charge in [0, 0.05) is 54.7 Å². The Kier molecular flexibility index (Phi) is 16.9. The quantitative estimate of drug-likeness (QED) is 0.0578. The molecule has 8 bridgehead atoms. The average molecular weight is 1380 g/mol. The van der Waals surface area contributed by atoms with E-state index in [4.69, 9.17) is 76.6 Å². The van der Waals surface area contributed by atoms with E-state index < -0.39 is 87.6 Å². The van der Waals surface area contributed by atoms with Crippen LogP contribution in [0.25, 0.3) is 0 Å². The van der Waals surface area contributed by atoms with Crippen LogP contribution in [-0.4, -0.2) is 139 Å². The number of hydrogen-bond acceptors (Lipinski definition) is 18. The van der Waals surface area contributed by atoms with Gasteiger partial charge in [-0.25, -0.2) is 0 Å². The third kappa shape index (κ3) is 12.1. The van der Waals surface area contributed by atoms with E-state index in [0.717, 1.165) is 0 Å². The van der Waals surface area contributed by atoms with Crippen LogP contribution < -0.4 is 41.5 Å². The lowest BCUT2D eigenvalue weighted by Crippen LogP contribution is -2.93. The van der Waals surface area contributed by atoms with Crippen molar-refractivity contribution in [2.45, 2.75) is 50.2 Å². The molecule has 8 fully saturated rings. The topological polar surface area (TPSA) is 173 Å². The largest absolute Gasteiger partial charge is 0.515 e. The summed E-state index contributed by atoms with van der Waals surface area (Å²) in [4.78, 5) is 0. The van der Waals surface area contributed by atoms with E-state index in [-0.39, 0.29) is 12.2 Å². The molecule has 8 aliphatic rings. The second-order valence-corrected chi connectivity index (χ2v) is 53.8. The molecule has 28 heteroatoms. The molecule has 2 atom stereocenters. The first-order chi connectivity index (χ1) is 43.9. The first kappa shape index (κ1) is 61.4. The zero-order chi connectivity index (χ0) is 60.9. The molecule has 0 N–H and O–H groups in total. The summed E-state index contributed by atoms with van der Waals surface area (Å²) in [5, 5.41) is 4.22. The van der Waals surface area contributed by atoms with Crippen molar-refractivity contribution in [1.82, 2.24) is 0 Å². The highest BCUT2D eigenvalue weighted by molar-refractivity contribution is 7.12. The van der Waals surface area contributed by atoms with Crippen molar-refractivity contribution in [2.24, 2.45) is 0 Å². The Morgan fingerprint density at radius 1 is 0.267 bits per heavy atom. The van der Waals surface area contributed by atoms with Gasteiger partial charge in [0.25, 0.3) is 0 Å². The molecule has 8 aromatic rings. The monoisotopic (exact) mass is 1380 g/mol. The Morgan fingerprint density at radius 3 is 0.600 bits per heavy atom. The standard InChI is InChI=1S/C62H68O18Si10/c1-81(47-27-45-63-49-53-51-65-53)67-83(55-29-11-3-12-30-55)71-87(59-37-19-7-20-38-59)75-85(57-33-15-5-16-34-57)69-82(2,48-28-46-64-50-54-52-66-54)70-86(58-35-17-6-18-36-58)77-89(79-87,61-41-23-9-24-42-61)73-84(68-81,56-31-13-4-14-32-56)74-90(78-86,62-43-25-10-26-44-62)80-88(72-83,76-85)60-39-21-8-22-40-60/h3-26,29-44,53-54H,27-28,45-52H2,1-2H3. The highest BCUT2D eigenvalue weighted by atomic mass is 28.6. The maximum Gasteiger partial charge on any atom is 0.515 e. The summed E-state index contributed by atoms with van der Waals surface area (Å²) >= 11 is 0. The Morgan fingerprint density at radius 2 is 0.433 bits per heavy atom. The van der Waals surface area contributed by atoms with E-state index in [1.54, 1.807) is 0 Å². The fraction of sp³-hybridized carbons (Fsp3) is 0.226. The Bertz CT molecular complexity index is 3240. The van der Waals surface area contributed by atoms with Crippen molar-refractivity contribution in [3.63, 3.8) is 0 Å². The molecule has 8 heterocycles. The zero-order valence-corrected chi connectivity index (χ0v) is 59.7. The molecule has 464 valence electrons. The van der Waals surface area contributed by atoms with Gasteiger partial charge in [-0.05, 0) is 38.0 Å². The first-order valence-electron chi connectivity index (χ1n) is 30.5. The molecule has 8 saturated heterocycles. The van der Waals surface area contributed by atoms with Crippen LogP contribution in [0.2, 0.25) is 25.2 Å². The van der Waals surface area contributed by atoms with Crippen molar-refractivity contribution >= 4 is 129 Å². The first-order valence-corrected chi connectivity index (χ1v) is 49.4. The minimum absolute atomic E-state index is 0.0482. The average Bonchev–Trinajstić information content (AvgIpc) is 0.831. The normalized spacial score (nSPS) is 35.1. The van der Waals surface area contributed by atoms with E-state index in [2.05, 4.69) is 0 Å². The summed E-state index contributed by atoms with van der Waals surface area (Å²) in [5.41, 5.74) is 0. The lowest BCUT2D eigenvalue weighted by molar-refractivity contribution is 0.0247. The van der Waals surface area contributed by atoms with Crippen LogP contribution in [0.3, 0.4) is 0 Å². The van der Waals surface area contributed by atoms with Crippen LogP contribution in [-0.2, 0) is 76.6 Å². The summed E-state index contributed by atoms with van der Waals surface area (Å²) < 4.78 is 143. The fourth-order valence-corrected chi connectivity index (χ4v) is 68.6. The van der Waals surface area contributed by atoms with Crippen LogP contribution in [0.4, 0.5) is 0 Å². The highest BCUT2D eigenvalue weighted by Gasteiger charge is 2.83. The molecule has 0 amide bonds. The lowest BCUT2D eigenvalue weighted by atomic mass is 10.4. The predicted molar refractivity (Wildman–Crippen MR) is 353 cm³/mol. The molecule has 0 aromatic heterocycles. The SMILES string of the molecule is C[Si]1(CCCOCC2CO2)O[Si]2(c3ccccc3)O[Si]3(c4ccccc4)O[Si]4(c5ccccc5)O[Si](C)(CCCOCC5CO5)O[Si]5(c6ccccc6)O[Si](c6ccccc6)(O[Si](c6ccccc6)(O1)O[Si](c1ccccc1)(O5)O[Si](c1ccccc1)(O2)O4)O3. The second-order valence-electron chi connectivity index (χ2n) is 23.3. The zero-order valence-electron chi connectivity index (χ0n) is 49.7. The molecule has 90 heavy (non-hydrogen) atoms. The summed E-state index contributed by atoms with van der Waals surface area (Å²) in [6.45, 7) is 6.99. The molecular formula is C62H68O18Si10. The number of epoxide rings is 2. The van der Waals surface area contributed by atoms with Crippen molar-refractivity contribution in [3.8, 4) is 0 Å². The molecule has 2 unspecified atom stereocenters. The molecule has 18 nitrogen and oxygen atoms in total. The van der Waals surface area contributed by atoms with Crippen molar-refractivity contribution in [2.75, 3.05) is 39.6 Å². The predicted octanol–water partition coefficient (Wildman–Crippen LogP) is 4.81. The molecule has 0 spiro atoms. The van der Waals surface area contributed by atoms with Crippen molar-refractivity contribution in [3.05, 3.63) is 243 Å². The summed E-state index contributed by atoms with van der Waals surface area (Å²) in [7, 11) is -49.3.